The summed E-state index contributed by atoms with van der Waals surface area (Å²) < 4.78 is 44.6. The standard InChI is InChI=1S/C9H6F3N3O4/c1-18-8-7(19-9(10,11)12)6(15(16)17)4-5(14-8)2-3-13/h4H,2H2,1H3. The van der Waals surface area contributed by atoms with Crippen molar-refractivity contribution in [1.29, 1.82) is 5.26 Å². The lowest BCUT2D eigenvalue weighted by Gasteiger charge is -2.12. The van der Waals surface area contributed by atoms with Gasteiger partial charge in [-0.15, -0.1) is 13.2 Å². The SMILES string of the molecule is COc1nc(CC#N)cc([N+](=O)[O-])c1OC(F)(F)F. The highest BCUT2D eigenvalue weighted by atomic mass is 19.4. The van der Waals surface area contributed by atoms with Crippen molar-refractivity contribution in [3.63, 3.8) is 0 Å². The molecule has 0 aliphatic heterocycles. The molecule has 1 aromatic rings. The lowest BCUT2D eigenvalue weighted by Crippen LogP contribution is -2.19. The van der Waals surface area contributed by atoms with E-state index in [0.717, 1.165) is 13.2 Å². The molecule has 0 amide bonds. The zero-order chi connectivity index (χ0) is 14.6. The molecule has 0 spiro atoms. The number of nitrogens with zero attached hydrogens (tertiary/aromatic N) is 3. The number of nitriles is 1. The van der Waals surface area contributed by atoms with Crippen LogP contribution in [0.4, 0.5) is 18.9 Å². The minimum Gasteiger partial charge on any atom is -0.478 e. The minimum atomic E-state index is -5.13. The molecular weight excluding hydrogens is 271 g/mol. The Kier molecular flexibility index (Phi) is 4.11. The fourth-order valence-corrected chi connectivity index (χ4v) is 1.20. The van der Waals surface area contributed by atoms with Crippen LogP contribution in [-0.4, -0.2) is 23.4 Å². The molecule has 1 rings (SSSR count). The summed E-state index contributed by atoms with van der Waals surface area (Å²) in [4.78, 5) is 13.2. The van der Waals surface area contributed by atoms with Crippen LogP contribution in [0.15, 0.2) is 6.07 Å². The fourth-order valence-electron chi connectivity index (χ4n) is 1.20. The van der Waals surface area contributed by atoms with Gasteiger partial charge in [0.15, 0.2) is 0 Å². The van der Waals surface area contributed by atoms with Gasteiger partial charge in [0.1, 0.15) is 0 Å². The van der Waals surface area contributed by atoms with Crippen molar-refractivity contribution in [2.45, 2.75) is 12.8 Å². The normalized spacial score (nSPS) is 10.7. The van der Waals surface area contributed by atoms with Crippen molar-refractivity contribution in [1.82, 2.24) is 4.98 Å². The van der Waals surface area contributed by atoms with E-state index in [-0.39, 0.29) is 12.1 Å². The van der Waals surface area contributed by atoms with Gasteiger partial charge in [-0.1, -0.05) is 0 Å². The second-order valence-electron chi connectivity index (χ2n) is 3.11. The number of rotatable bonds is 4. The highest BCUT2D eigenvalue weighted by Gasteiger charge is 2.37. The Labute approximate surface area is 104 Å². The summed E-state index contributed by atoms with van der Waals surface area (Å²) in [6.45, 7) is 0. The second-order valence-corrected chi connectivity index (χ2v) is 3.11. The molecule has 0 unspecified atom stereocenters. The molecule has 0 N–H and O–H groups in total. The molecule has 0 aromatic carbocycles. The van der Waals surface area contributed by atoms with E-state index < -0.39 is 28.6 Å². The Balaban J connectivity index is 3.41. The molecule has 0 aliphatic rings. The first-order valence-corrected chi connectivity index (χ1v) is 4.63. The van der Waals surface area contributed by atoms with Gasteiger partial charge in [-0.25, -0.2) is 4.98 Å². The number of hydrogen-bond acceptors (Lipinski definition) is 6. The molecule has 0 saturated heterocycles. The second kappa shape index (κ2) is 5.38. The van der Waals surface area contributed by atoms with Crippen molar-refractivity contribution < 1.29 is 27.6 Å². The van der Waals surface area contributed by atoms with Gasteiger partial charge in [-0.3, -0.25) is 10.1 Å². The molecule has 102 valence electrons. The van der Waals surface area contributed by atoms with E-state index in [2.05, 4.69) is 14.5 Å². The van der Waals surface area contributed by atoms with Gasteiger partial charge in [0.05, 0.1) is 30.2 Å². The number of hydrogen-bond donors (Lipinski definition) is 0. The van der Waals surface area contributed by atoms with Gasteiger partial charge >= 0.3 is 12.0 Å². The zero-order valence-corrected chi connectivity index (χ0v) is 9.39. The molecule has 0 atom stereocenters. The van der Waals surface area contributed by atoms with E-state index >= 15 is 0 Å². The molecule has 0 bridgehead atoms. The monoisotopic (exact) mass is 277 g/mol. The number of alkyl halides is 3. The van der Waals surface area contributed by atoms with Gasteiger partial charge in [-0.2, -0.15) is 5.26 Å². The van der Waals surface area contributed by atoms with Crippen LogP contribution in [0.25, 0.3) is 0 Å². The lowest BCUT2D eigenvalue weighted by molar-refractivity contribution is -0.388. The molecular formula is C9H6F3N3O4. The highest BCUT2D eigenvalue weighted by Crippen LogP contribution is 2.39. The predicted molar refractivity (Wildman–Crippen MR) is 53.4 cm³/mol. The van der Waals surface area contributed by atoms with Gasteiger partial charge in [0.25, 0.3) is 11.6 Å². The third-order valence-corrected chi connectivity index (χ3v) is 1.84. The van der Waals surface area contributed by atoms with Crippen LogP contribution < -0.4 is 9.47 Å². The maximum atomic E-state index is 12.2. The van der Waals surface area contributed by atoms with Crippen molar-refractivity contribution in [3.8, 4) is 17.7 Å². The molecule has 19 heavy (non-hydrogen) atoms. The van der Waals surface area contributed by atoms with Gasteiger partial charge < -0.3 is 9.47 Å². The Hall–Kier alpha value is -2.57. The molecule has 0 fully saturated rings. The Morgan fingerprint density at radius 2 is 2.21 bits per heavy atom. The molecule has 1 aromatic heterocycles. The molecule has 7 nitrogen and oxygen atoms in total. The minimum absolute atomic E-state index is 0.0967. The first kappa shape index (κ1) is 14.5. The Morgan fingerprint density at radius 1 is 1.58 bits per heavy atom. The molecule has 10 heteroatoms. The van der Waals surface area contributed by atoms with E-state index in [1.807, 2.05) is 0 Å². The lowest BCUT2D eigenvalue weighted by atomic mass is 10.2. The largest absolute Gasteiger partial charge is 0.573 e. The molecule has 0 saturated carbocycles. The van der Waals surface area contributed by atoms with E-state index in [4.69, 9.17) is 5.26 Å². The summed E-state index contributed by atoms with van der Waals surface area (Å²) in [7, 11) is 0.978. The van der Waals surface area contributed by atoms with E-state index in [9.17, 15) is 23.3 Å². The summed E-state index contributed by atoms with van der Waals surface area (Å²) in [6, 6.07) is 2.39. The smallest absolute Gasteiger partial charge is 0.478 e. The van der Waals surface area contributed by atoms with Crippen LogP contribution >= 0.6 is 0 Å². The van der Waals surface area contributed by atoms with E-state index in [0.29, 0.717) is 0 Å². The van der Waals surface area contributed by atoms with Crippen molar-refractivity contribution in [2.75, 3.05) is 7.11 Å². The number of pyridine rings is 1. The van der Waals surface area contributed by atoms with Crippen LogP contribution in [0.1, 0.15) is 5.69 Å². The molecule has 0 aliphatic carbocycles. The zero-order valence-electron chi connectivity index (χ0n) is 9.39. The van der Waals surface area contributed by atoms with Crippen LogP contribution in [0.2, 0.25) is 0 Å². The number of methoxy groups -OCH3 is 1. The van der Waals surface area contributed by atoms with Crippen LogP contribution in [0, 0.1) is 21.4 Å². The summed E-state index contributed by atoms with van der Waals surface area (Å²) in [5.41, 5.74) is -1.07. The summed E-state index contributed by atoms with van der Waals surface area (Å²) >= 11 is 0. The summed E-state index contributed by atoms with van der Waals surface area (Å²) in [6.07, 6.45) is -5.44. The number of ether oxygens (including phenoxy) is 2. The average Bonchev–Trinajstić information content (AvgIpc) is 2.28. The topological polar surface area (TPSA) is 98.3 Å². The van der Waals surface area contributed by atoms with Crippen LogP contribution in [0.3, 0.4) is 0 Å². The summed E-state index contributed by atoms with van der Waals surface area (Å²) in [5.74, 6) is -1.86. The Morgan fingerprint density at radius 3 is 2.63 bits per heavy atom. The third-order valence-electron chi connectivity index (χ3n) is 1.84. The fraction of sp³-hybridized carbons (Fsp3) is 0.333. The molecule has 1 heterocycles. The summed E-state index contributed by atoms with van der Waals surface area (Å²) in [5, 5.41) is 19.2. The molecule has 0 radical (unpaired) electrons. The number of nitro groups is 1. The maximum Gasteiger partial charge on any atom is 0.573 e. The number of aromatic nitrogens is 1. The maximum absolute atomic E-state index is 12.2. The highest BCUT2D eigenvalue weighted by molar-refractivity contribution is 5.54. The predicted octanol–water partition coefficient (Wildman–Crippen LogP) is 1.96. The number of halogens is 3. The van der Waals surface area contributed by atoms with Gasteiger partial charge in [0.2, 0.25) is 0 Å². The average molecular weight is 277 g/mol. The first-order chi connectivity index (χ1) is 8.78. The van der Waals surface area contributed by atoms with E-state index in [1.165, 1.54) is 0 Å². The van der Waals surface area contributed by atoms with Gasteiger partial charge in [-0.05, 0) is 0 Å². The van der Waals surface area contributed by atoms with Gasteiger partial charge in [0, 0.05) is 6.07 Å². The van der Waals surface area contributed by atoms with E-state index in [1.54, 1.807) is 6.07 Å². The van der Waals surface area contributed by atoms with Crippen molar-refractivity contribution in [2.24, 2.45) is 0 Å². The van der Waals surface area contributed by atoms with Crippen LogP contribution in [-0.2, 0) is 6.42 Å². The van der Waals surface area contributed by atoms with Crippen LogP contribution in [0.5, 0.6) is 11.6 Å². The first-order valence-electron chi connectivity index (χ1n) is 4.63. The quantitative estimate of drug-likeness (QED) is 0.616. The van der Waals surface area contributed by atoms with Crippen molar-refractivity contribution in [3.05, 3.63) is 21.9 Å². The van der Waals surface area contributed by atoms with Crippen molar-refractivity contribution >= 4 is 5.69 Å². The Bertz CT molecular complexity index is 539. The third kappa shape index (κ3) is 3.70.